The normalized spacial score (nSPS) is 18.0. The van der Waals surface area contributed by atoms with Crippen molar-refractivity contribution in [1.82, 2.24) is 5.32 Å². The Bertz CT molecular complexity index is 442. The zero-order valence-corrected chi connectivity index (χ0v) is 10.3. The van der Waals surface area contributed by atoms with Crippen molar-refractivity contribution in [3.8, 4) is 5.75 Å². The highest BCUT2D eigenvalue weighted by Crippen LogP contribution is 2.42. The molecule has 100 valence electrons. The number of phenols is 1. The molecule has 0 saturated carbocycles. The summed E-state index contributed by atoms with van der Waals surface area (Å²) < 4.78 is 38.8. The van der Waals surface area contributed by atoms with E-state index in [2.05, 4.69) is 5.32 Å². The number of phenolic OH excluding ortho intramolecular Hbond substituents is 1. The number of alkyl halides is 3. The molecule has 2 N–H and O–H groups in total. The minimum atomic E-state index is -4.47. The second-order valence-electron chi connectivity index (χ2n) is 4.41. The van der Waals surface area contributed by atoms with Gasteiger partial charge in [0.2, 0.25) is 0 Å². The van der Waals surface area contributed by atoms with Gasteiger partial charge in [-0.05, 0) is 49.5 Å². The highest BCUT2D eigenvalue weighted by atomic mass is 35.5. The van der Waals surface area contributed by atoms with Gasteiger partial charge >= 0.3 is 6.18 Å². The smallest absolute Gasteiger partial charge is 0.416 e. The third-order valence-corrected chi connectivity index (χ3v) is 3.51. The lowest BCUT2D eigenvalue weighted by molar-refractivity contribution is -0.138. The molecule has 2 nitrogen and oxygen atoms in total. The minimum absolute atomic E-state index is 0.0310. The number of piperidine rings is 1. The zero-order valence-electron chi connectivity index (χ0n) is 9.52. The van der Waals surface area contributed by atoms with E-state index in [1.165, 1.54) is 6.07 Å². The first-order valence-electron chi connectivity index (χ1n) is 5.70. The molecule has 1 aliphatic rings. The summed E-state index contributed by atoms with van der Waals surface area (Å²) in [5.41, 5.74) is -0.594. The average molecular weight is 280 g/mol. The fourth-order valence-electron chi connectivity index (χ4n) is 2.29. The fourth-order valence-corrected chi connectivity index (χ4v) is 2.47. The van der Waals surface area contributed by atoms with E-state index in [0.29, 0.717) is 25.9 Å². The molecule has 1 aromatic rings. The maximum absolute atomic E-state index is 12.9. The number of halogens is 4. The summed E-state index contributed by atoms with van der Waals surface area (Å²) in [5.74, 6) is -0.692. The Labute approximate surface area is 108 Å². The number of aromatic hydroxyl groups is 1. The van der Waals surface area contributed by atoms with Crippen LogP contribution in [0.3, 0.4) is 0 Å². The van der Waals surface area contributed by atoms with E-state index >= 15 is 0 Å². The monoisotopic (exact) mass is 279 g/mol. The summed E-state index contributed by atoms with van der Waals surface area (Å²) in [6.07, 6.45) is -3.18. The lowest BCUT2D eigenvalue weighted by Gasteiger charge is -2.26. The SMILES string of the molecule is Oc1cc(C(F)(F)F)c(C2CCNCC2)cc1Cl. The molecule has 0 aliphatic carbocycles. The average Bonchev–Trinajstić information content (AvgIpc) is 2.32. The van der Waals surface area contributed by atoms with E-state index in [0.717, 1.165) is 6.07 Å². The number of hydrogen-bond acceptors (Lipinski definition) is 2. The van der Waals surface area contributed by atoms with E-state index in [9.17, 15) is 18.3 Å². The standard InChI is InChI=1S/C12H13ClF3NO/c13-10-5-8(7-1-3-17-4-2-7)9(6-11(10)18)12(14,15)16/h5-7,17-18H,1-4H2. The van der Waals surface area contributed by atoms with Crippen molar-refractivity contribution in [2.45, 2.75) is 24.9 Å². The Morgan fingerprint density at radius 1 is 1.22 bits per heavy atom. The maximum atomic E-state index is 12.9. The number of rotatable bonds is 1. The predicted molar refractivity (Wildman–Crippen MR) is 63.0 cm³/mol. The number of benzene rings is 1. The summed E-state index contributed by atoms with van der Waals surface area (Å²) in [6, 6.07) is 1.97. The minimum Gasteiger partial charge on any atom is -0.506 e. The van der Waals surface area contributed by atoms with Gasteiger partial charge < -0.3 is 10.4 Å². The van der Waals surface area contributed by atoms with E-state index < -0.39 is 17.5 Å². The largest absolute Gasteiger partial charge is 0.506 e. The molecule has 1 fully saturated rings. The number of hydrogen-bond donors (Lipinski definition) is 2. The Hall–Kier alpha value is -0.940. The van der Waals surface area contributed by atoms with Gasteiger partial charge in [0.05, 0.1) is 10.6 Å². The van der Waals surface area contributed by atoms with Gasteiger partial charge in [-0.2, -0.15) is 13.2 Å². The van der Waals surface area contributed by atoms with Crippen molar-refractivity contribution >= 4 is 11.6 Å². The lowest BCUT2D eigenvalue weighted by Crippen LogP contribution is -2.27. The highest BCUT2D eigenvalue weighted by molar-refractivity contribution is 6.32. The Kier molecular flexibility index (Phi) is 3.73. The van der Waals surface area contributed by atoms with Gasteiger partial charge in [-0.3, -0.25) is 0 Å². The van der Waals surface area contributed by atoms with Gasteiger partial charge in [-0.15, -0.1) is 0 Å². The van der Waals surface area contributed by atoms with E-state index in [1.54, 1.807) is 0 Å². The third kappa shape index (κ3) is 2.72. The van der Waals surface area contributed by atoms with Gasteiger partial charge in [0.1, 0.15) is 5.75 Å². The Morgan fingerprint density at radius 2 is 1.83 bits per heavy atom. The van der Waals surface area contributed by atoms with Crippen LogP contribution >= 0.6 is 11.6 Å². The van der Waals surface area contributed by atoms with E-state index in [4.69, 9.17) is 11.6 Å². The van der Waals surface area contributed by atoms with E-state index in [1.807, 2.05) is 0 Å². The van der Waals surface area contributed by atoms with Gasteiger partial charge in [0.15, 0.2) is 0 Å². The molecule has 18 heavy (non-hydrogen) atoms. The molecular formula is C12H13ClF3NO. The first-order valence-corrected chi connectivity index (χ1v) is 6.07. The van der Waals surface area contributed by atoms with Crippen molar-refractivity contribution in [3.63, 3.8) is 0 Å². The van der Waals surface area contributed by atoms with Crippen molar-refractivity contribution in [3.05, 3.63) is 28.3 Å². The van der Waals surface area contributed by atoms with Crippen molar-refractivity contribution in [2.24, 2.45) is 0 Å². The summed E-state index contributed by atoms with van der Waals surface area (Å²) >= 11 is 5.72. The molecule has 2 rings (SSSR count). The quantitative estimate of drug-likeness (QED) is 0.824. The van der Waals surface area contributed by atoms with Gasteiger partial charge in [-0.1, -0.05) is 11.6 Å². The van der Waals surface area contributed by atoms with Crippen molar-refractivity contribution < 1.29 is 18.3 Å². The molecular weight excluding hydrogens is 267 g/mol. The summed E-state index contributed by atoms with van der Waals surface area (Å²) in [4.78, 5) is 0. The van der Waals surface area contributed by atoms with Crippen LogP contribution < -0.4 is 5.32 Å². The molecule has 1 aliphatic heterocycles. The Morgan fingerprint density at radius 3 is 2.39 bits per heavy atom. The van der Waals surface area contributed by atoms with Crippen LogP contribution in [-0.4, -0.2) is 18.2 Å². The molecule has 1 heterocycles. The van der Waals surface area contributed by atoms with Gasteiger partial charge in [0, 0.05) is 0 Å². The molecule has 0 amide bonds. The number of nitrogens with one attached hydrogen (secondary N) is 1. The molecule has 0 spiro atoms. The van der Waals surface area contributed by atoms with Crippen LogP contribution in [0.2, 0.25) is 5.02 Å². The second-order valence-corrected chi connectivity index (χ2v) is 4.82. The molecule has 0 radical (unpaired) electrons. The van der Waals surface area contributed by atoms with Crippen LogP contribution in [-0.2, 0) is 6.18 Å². The van der Waals surface area contributed by atoms with Crippen LogP contribution in [0.5, 0.6) is 5.75 Å². The third-order valence-electron chi connectivity index (χ3n) is 3.20. The second kappa shape index (κ2) is 4.97. The highest BCUT2D eigenvalue weighted by Gasteiger charge is 2.36. The van der Waals surface area contributed by atoms with Crippen molar-refractivity contribution in [1.29, 1.82) is 0 Å². The first kappa shape index (κ1) is 13.5. The van der Waals surface area contributed by atoms with Crippen molar-refractivity contribution in [2.75, 3.05) is 13.1 Å². The van der Waals surface area contributed by atoms with Gasteiger partial charge in [0.25, 0.3) is 0 Å². The first-order chi connectivity index (χ1) is 8.39. The summed E-state index contributed by atoms with van der Waals surface area (Å²) in [6.45, 7) is 1.39. The molecule has 1 saturated heterocycles. The van der Waals surface area contributed by atoms with Crippen LogP contribution in [0, 0.1) is 0 Å². The lowest BCUT2D eigenvalue weighted by atomic mass is 9.87. The molecule has 0 atom stereocenters. The Balaban J connectivity index is 2.46. The molecule has 0 aromatic heterocycles. The predicted octanol–water partition coefficient (Wildman–Crippen LogP) is 3.53. The zero-order chi connectivity index (χ0) is 13.3. The van der Waals surface area contributed by atoms with Crippen LogP contribution in [0.25, 0.3) is 0 Å². The molecule has 0 bridgehead atoms. The maximum Gasteiger partial charge on any atom is 0.416 e. The van der Waals surface area contributed by atoms with Gasteiger partial charge in [-0.25, -0.2) is 0 Å². The summed E-state index contributed by atoms with van der Waals surface area (Å²) in [7, 11) is 0. The fraction of sp³-hybridized carbons (Fsp3) is 0.500. The molecule has 1 aromatic carbocycles. The topological polar surface area (TPSA) is 32.3 Å². The van der Waals surface area contributed by atoms with Crippen LogP contribution in [0.4, 0.5) is 13.2 Å². The van der Waals surface area contributed by atoms with Crippen LogP contribution in [0.1, 0.15) is 29.9 Å². The van der Waals surface area contributed by atoms with E-state index in [-0.39, 0.29) is 16.5 Å². The van der Waals surface area contributed by atoms with Crippen LogP contribution in [0.15, 0.2) is 12.1 Å². The summed E-state index contributed by atoms with van der Waals surface area (Å²) in [5, 5.41) is 12.4. The molecule has 0 unspecified atom stereocenters. The molecule has 6 heteroatoms.